The van der Waals surface area contributed by atoms with Gasteiger partial charge in [0.2, 0.25) is 11.8 Å². The molecule has 2 amide bonds. The zero-order valence-corrected chi connectivity index (χ0v) is 10.4. The number of thiazole rings is 1. The highest BCUT2D eigenvalue weighted by Crippen LogP contribution is 2.15. The number of nitrogens with zero attached hydrogens (tertiary/aromatic N) is 2. The molecule has 0 saturated carbocycles. The fraction of sp³-hybridized carbons (Fsp3) is 0.455. The molecule has 2 rings (SSSR count). The number of hydrogen-bond acceptors (Lipinski definition) is 5. The molecule has 0 bridgehead atoms. The predicted octanol–water partition coefficient (Wildman–Crippen LogP) is 0.923. The highest BCUT2D eigenvalue weighted by atomic mass is 32.1. The molecule has 0 aliphatic carbocycles. The normalized spacial score (nSPS) is 16.1. The van der Waals surface area contributed by atoms with E-state index in [0.717, 1.165) is 0 Å². The number of carbonyl (C=O) groups is 3. The number of carboxylic acids is 1. The lowest BCUT2D eigenvalue weighted by Gasteiger charge is -2.24. The topological polar surface area (TPSA) is 87.6 Å². The molecule has 0 atom stereocenters. The molecule has 1 aromatic rings. The van der Waals surface area contributed by atoms with Crippen molar-refractivity contribution in [3.8, 4) is 0 Å². The Morgan fingerprint density at radius 2 is 2.06 bits per heavy atom. The van der Waals surface area contributed by atoms with Crippen molar-refractivity contribution >= 4 is 29.1 Å². The standard InChI is InChI=1S/C11H12N2O4S/c14-9-2-1-3-10(15)13(9)5-4-8-12-7(6-18-8)11(16)17/h6H,1-5H2,(H,16,17). The van der Waals surface area contributed by atoms with Crippen LogP contribution >= 0.6 is 11.3 Å². The van der Waals surface area contributed by atoms with Crippen LogP contribution in [0.15, 0.2) is 5.38 Å². The Morgan fingerprint density at radius 3 is 2.61 bits per heavy atom. The van der Waals surface area contributed by atoms with Crippen LogP contribution in [0.4, 0.5) is 0 Å². The van der Waals surface area contributed by atoms with Crippen molar-refractivity contribution in [1.82, 2.24) is 9.88 Å². The number of piperidine rings is 1. The van der Waals surface area contributed by atoms with Gasteiger partial charge in [0.05, 0.1) is 5.01 Å². The van der Waals surface area contributed by atoms with Gasteiger partial charge in [0.15, 0.2) is 5.69 Å². The fourth-order valence-corrected chi connectivity index (χ4v) is 2.54. The summed E-state index contributed by atoms with van der Waals surface area (Å²) < 4.78 is 0. The predicted molar refractivity (Wildman–Crippen MR) is 63.3 cm³/mol. The summed E-state index contributed by atoms with van der Waals surface area (Å²) in [5.41, 5.74) is 0.00583. The van der Waals surface area contributed by atoms with Gasteiger partial charge in [-0.25, -0.2) is 9.78 Å². The van der Waals surface area contributed by atoms with E-state index in [2.05, 4.69) is 4.98 Å². The maximum absolute atomic E-state index is 11.5. The van der Waals surface area contributed by atoms with Gasteiger partial charge in [0.1, 0.15) is 0 Å². The molecule has 0 aromatic carbocycles. The second-order valence-corrected chi connectivity index (χ2v) is 4.92. The minimum atomic E-state index is -1.07. The minimum absolute atomic E-state index is 0.00583. The summed E-state index contributed by atoms with van der Waals surface area (Å²) in [6.45, 7) is 0.282. The number of aromatic carboxylic acids is 1. The maximum atomic E-state index is 11.5. The summed E-state index contributed by atoms with van der Waals surface area (Å²) in [4.78, 5) is 38.9. The number of carboxylic acid groups (broad SMARTS) is 1. The van der Waals surface area contributed by atoms with Crippen LogP contribution in [-0.4, -0.2) is 39.3 Å². The highest BCUT2D eigenvalue weighted by molar-refractivity contribution is 7.09. The number of carbonyl (C=O) groups excluding carboxylic acids is 2. The summed E-state index contributed by atoms with van der Waals surface area (Å²) in [5.74, 6) is -1.37. The largest absolute Gasteiger partial charge is 0.476 e. The Kier molecular flexibility index (Phi) is 3.71. The van der Waals surface area contributed by atoms with Crippen LogP contribution in [0.1, 0.15) is 34.8 Å². The van der Waals surface area contributed by atoms with Gasteiger partial charge in [-0.1, -0.05) is 0 Å². The molecule has 1 aliphatic rings. The summed E-state index contributed by atoms with van der Waals surface area (Å²) in [6, 6.07) is 0. The van der Waals surface area contributed by atoms with Crippen LogP contribution in [0.5, 0.6) is 0 Å². The van der Waals surface area contributed by atoms with E-state index in [1.165, 1.54) is 21.6 Å². The third-order valence-electron chi connectivity index (χ3n) is 2.70. The first kappa shape index (κ1) is 12.7. The van der Waals surface area contributed by atoms with Crippen molar-refractivity contribution < 1.29 is 19.5 Å². The third kappa shape index (κ3) is 2.73. The van der Waals surface area contributed by atoms with E-state index < -0.39 is 5.97 Å². The smallest absolute Gasteiger partial charge is 0.355 e. The number of amides is 2. The molecule has 0 radical (unpaired) electrons. The number of rotatable bonds is 4. The molecule has 1 fully saturated rings. The van der Waals surface area contributed by atoms with E-state index in [1.807, 2.05) is 0 Å². The van der Waals surface area contributed by atoms with Gasteiger partial charge in [-0.15, -0.1) is 11.3 Å². The molecule has 0 spiro atoms. The Labute approximate surface area is 107 Å². The van der Waals surface area contributed by atoms with Crippen LogP contribution in [0.25, 0.3) is 0 Å². The Bertz CT molecular complexity index is 481. The van der Waals surface area contributed by atoms with Crippen molar-refractivity contribution in [2.75, 3.05) is 6.54 Å². The van der Waals surface area contributed by atoms with Gasteiger partial charge >= 0.3 is 5.97 Å². The van der Waals surface area contributed by atoms with Crippen molar-refractivity contribution in [3.63, 3.8) is 0 Å². The van der Waals surface area contributed by atoms with Gasteiger partial charge in [-0.05, 0) is 6.42 Å². The van der Waals surface area contributed by atoms with E-state index in [9.17, 15) is 14.4 Å². The average molecular weight is 268 g/mol. The number of imide groups is 1. The SMILES string of the molecule is O=C(O)c1csc(CCN2C(=O)CCCC2=O)n1. The van der Waals surface area contributed by atoms with Crippen LogP contribution < -0.4 is 0 Å². The molecular formula is C11H12N2O4S. The first-order valence-electron chi connectivity index (χ1n) is 5.59. The second kappa shape index (κ2) is 5.26. The molecular weight excluding hydrogens is 256 g/mol. The molecule has 0 unspecified atom stereocenters. The molecule has 1 aliphatic heterocycles. The lowest BCUT2D eigenvalue weighted by Crippen LogP contribution is -2.41. The molecule has 1 aromatic heterocycles. The fourth-order valence-electron chi connectivity index (χ4n) is 1.78. The van der Waals surface area contributed by atoms with Gasteiger partial charge in [-0.3, -0.25) is 14.5 Å². The lowest BCUT2D eigenvalue weighted by molar-refractivity contribution is -0.147. The van der Waals surface area contributed by atoms with Crippen LogP contribution in [0, 0.1) is 0 Å². The Morgan fingerprint density at radius 1 is 1.39 bits per heavy atom. The first-order chi connectivity index (χ1) is 8.58. The first-order valence-corrected chi connectivity index (χ1v) is 6.47. The summed E-state index contributed by atoms with van der Waals surface area (Å²) >= 11 is 1.23. The lowest BCUT2D eigenvalue weighted by atomic mass is 10.1. The van der Waals surface area contributed by atoms with Crippen molar-refractivity contribution in [2.45, 2.75) is 25.7 Å². The summed E-state index contributed by atoms with van der Waals surface area (Å²) in [7, 11) is 0. The van der Waals surface area contributed by atoms with Gasteiger partial charge in [0, 0.05) is 31.2 Å². The second-order valence-electron chi connectivity index (χ2n) is 3.97. The van der Waals surface area contributed by atoms with Crippen LogP contribution in [-0.2, 0) is 16.0 Å². The Balaban J connectivity index is 1.95. The van der Waals surface area contributed by atoms with Gasteiger partial charge in [-0.2, -0.15) is 0 Å². The van der Waals surface area contributed by atoms with Crippen LogP contribution in [0.2, 0.25) is 0 Å². The molecule has 96 valence electrons. The molecule has 6 nitrogen and oxygen atoms in total. The molecule has 18 heavy (non-hydrogen) atoms. The minimum Gasteiger partial charge on any atom is -0.476 e. The number of aromatic nitrogens is 1. The maximum Gasteiger partial charge on any atom is 0.355 e. The third-order valence-corrected chi connectivity index (χ3v) is 3.61. The van der Waals surface area contributed by atoms with Crippen LogP contribution in [0.3, 0.4) is 0 Å². The monoisotopic (exact) mass is 268 g/mol. The average Bonchev–Trinajstić information content (AvgIpc) is 2.77. The summed E-state index contributed by atoms with van der Waals surface area (Å²) in [5, 5.41) is 10.8. The molecule has 7 heteroatoms. The number of hydrogen-bond donors (Lipinski definition) is 1. The van der Waals surface area contributed by atoms with E-state index in [1.54, 1.807) is 0 Å². The van der Waals surface area contributed by atoms with E-state index in [4.69, 9.17) is 5.11 Å². The van der Waals surface area contributed by atoms with Gasteiger partial charge in [0.25, 0.3) is 0 Å². The molecule has 1 saturated heterocycles. The number of likely N-dealkylation sites (tertiary alicyclic amines) is 1. The molecule has 1 N–H and O–H groups in total. The highest BCUT2D eigenvalue weighted by Gasteiger charge is 2.25. The van der Waals surface area contributed by atoms with Crippen molar-refractivity contribution in [3.05, 3.63) is 16.1 Å². The quantitative estimate of drug-likeness (QED) is 0.820. The van der Waals surface area contributed by atoms with Gasteiger partial charge < -0.3 is 5.11 Å². The van der Waals surface area contributed by atoms with Crippen molar-refractivity contribution in [2.24, 2.45) is 0 Å². The summed E-state index contributed by atoms with van der Waals surface area (Å²) in [6.07, 6.45) is 1.85. The van der Waals surface area contributed by atoms with E-state index >= 15 is 0 Å². The van der Waals surface area contributed by atoms with E-state index in [-0.39, 0.29) is 24.1 Å². The Hall–Kier alpha value is -1.76. The molecule has 2 heterocycles. The zero-order valence-electron chi connectivity index (χ0n) is 9.59. The van der Waals surface area contributed by atoms with E-state index in [0.29, 0.717) is 30.7 Å². The zero-order chi connectivity index (χ0) is 13.1. The van der Waals surface area contributed by atoms with Crippen molar-refractivity contribution in [1.29, 1.82) is 0 Å².